The summed E-state index contributed by atoms with van der Waals surface area (Å²) < 4.78 is 0. The molecule has 2 N–H and O–H groups in total. The molecule has 5 heteroatoms. The van der Waals surface area contributed by atoms with Gasteiger partial charge in [-0.1, -0.05) is 37.3 Å². The highest BCUT2D eigenvalue weighted by atomic mass is 16.2. The lowest BCUT2D eigenvalue weighted by Gasteiger charge is -2.19. The fourth-order valence-corrected chi connectivity index (χ4v) is 1.98. The predicted molar refractivity (Wildman–Crippen MR) is 83.8 cm³/mol. The van der Waals surface area contributed by atoms with Gasteiger partial charge in [0.2, 0.25) is 11.8 Å². The Morgan fingerprint density at radius 2 is 1.76 bits per heavy atom. The zero-order chi connectivity index (χ0) is 15.7. The first-order chi connectivity index (χ1) is 10.0. The van der Waals surface area contributed by atoms with E-state index in [1.54, 1.807) is 11.9 Å². The van der Waals surface area contributed by atoms with Crippen molar-refractivity contribution in [2.45, 2.75) is 26.3 Å². The van der Waals surface area contributed by atoms with Gasteiger partial charge in [0.25, 0.3) is 0 Å². The van der Waals surface area contributed by atoms with Gasteiger partial charge in [-0.05, 0) is 26.0 Å². The van der Waals surface area contributed by atoms with Crippen LogP contribution in [0.5, 0.6) is 0 Å². The first-order valence-corrected chi connectivity index (χ1v) is 7.32. The molecule has 1 rings (SSSR count). The van der Waals surface area contributed by atoms with Crippen LogP contribution in [0, 0.1) is 0 Å². The molecule has 0 bridgehead atoms. The number of nitrogens with one attached hydrogen (secondary N) is 2. The number of hydrogen-bond acceptors (Lipinski definition) is 3. The fraction of sp³-hybridized carbons (Fsp3) is 0.500. The first-order valence-electron chi connectivity index (χ1n) is 7.32. The molecular formula is C16H25N3O2. The Hall–Kier alpha value is -1.88. The zero-order valence-corrected chi connectivity index (χ0v) is 13.1. The first kappa shape index (κ1) is 17.2. The summed E-state index contributed by atoms with van der Waals surface area (Å²) in [7, 11) is 1.76. The molecule has 0 saturated carbocycles. The lowest BCUT2D eigenvalue weighted by molar-refractivity contribution is -0.124. The number of benzene rings is 1. The van der Waals surface area contributed by atoms with Gasteiger partial charge in [-0.3, -0.25) is 14.5 Å². The number of amides is 2. The van der Waals surface area contributed by atoms with Gasteiger partial charge in [0.05, 0.1) is 19.1 Å². The Morgan fingerprint density at radius 1 is 1.14 bits per heavy atom. The van der Waals surface area contributed by atoms with E-state index in [1.165, 1.54) is 0 Å². The maximum atomic E-state index is 11.9. The highest BCUT2D eigenvalue weighted by molar-refractivity contribution is 5.81. The van der Waals surface area contributed by atoms with Crippen LogP contribution in [-0.2, 0) is 9.59 Å². The average Bonchev–Trinajstić information content (AvgIpc) is 2.45. The van der Waals surface area contributed by atoms with Crippen LogP contribution < -0.4 is 10.6 Å². The van der Waals surface area contributed by atoms with Crippen molar-refractivity contribution >= 4 is 11.8 Å². The van der Waals surface area contributed by atoms with Gasteiger partial charge in [0.15, 0.2) is 0 Å². The van der Waals surface area contributed by atoms with Crippen molar-refractivity contribution in [3.63, 3.8) is 0 Å². The highest BCUT2D eigenvalue weighted by Crippen LogP contribution is 2.10. The third-order valence-corrected chi connectivity index (χ3v) is 3.08. The lowest BCUT2D eigenvalue weighted by atomic mass is 10.1. The van der Waals surface area contributed by atoms with Crippen LogP contribution in [0.1, 0.15) is 31.9 Å². The summed E-state index contributed by atoms with van der Waals surface area (Å²) in [6, 6.07) is 9.76. The summed E-state index contributed by atoms with van der Waals surface area (Å²) in [6.45, 7) is 5.05. The van der Waals surface area contributed by atoms with Gasteiger partial charge < -0.3 is 10.6 Å². The Morgan fingerprint density at radius 3 is 2.38 bits per heavy atom. The minimum absolute atomic E-state index is 0.0407. The number of rotatable bonds is 8. The maximum Gasteiger partial charge on any atom is 0.234 e. The van der Waals surface area contributed by atoms with Crippen LogP contribution >= 0.6 is 0 Å². The molecule has 1 aromatic carbocycles. The van der Waals surface area contributed by atoms with Crippen LogP contribution in [0.3, 0.4) is 0 Å². The molecule has 0 radical (unpaired) electrons. The minimum Gasteiger partial charge on any atom is -0.355 e. The van der Waals surface area contributed by atoms with Crippen LogP contribution in [0.25, 0.3) is 0 Å². The summed E-state index contributed by atoms with van der Waals surface area (Å²) in [5.41, 5.74) is 1.06. The monoisotopic (exact) mass is 291 g/mol. The molecular weight excluding hydrogens is 266 g/mol. The van der Waals surface area contributed by atoms with E-state index in [0.29, 0.717) is 6.54 Å². The summed E-state index contributed by atoms with van der Waals surface area (Å²) in [4.78, 5) is 25.2. The van der Waals surface area contributed by atoms with Crippen molar-refractivity contribution in [2.24, 2.45) is 0 Å². The molecule has 0 spiro atoms. The minimum atomic E-state index is -0.0860. The molecule has 1 aromatic rings. The van der Waals surface area contributed by atoms with Crippen LogP contribution in [-0.4, -0.2) is 43.4 Å². The van der Waals surface area contributed by atoms with E-state index in [1.807, 2.05) is 44.2 Å². The van der Waals surface area contributed by atoms with Gasteiger partial charge in [-0.25, -0.2) is 0 Å². The van der Waals surface area contributed by atoms with Crippen molar-refractivity contribution in [3.05, 3.63) is 35.9 Å². The molecule has 116 valence electrons. The molecule has 0 fully saturated rings. The average molecular weight is 291 g/mol. The third-order valence-electron chi connectivity index (χ3n) is 3.08. The molecule has 0 heterocycles. The van der Waals surface area contributed by atoms with E-state index in [0.717, 1.165) is 12.0 Å². The quantitative estimate of drug-likeness (QED) is 0.759. The smallest absolute Gasteiger partial charge is 0.234 e. The molecule has 21 heavy (non-hydrogen) atoms. The Balaban J connectivity index is 2.34. The second kappa shape index (κ2) is 9.13. The Kier molecular flexibility index (Phi) is 7.46. The van der Waals surface area contributed by atoms with Crippen molar-refractivity contribution in [1.29, 1.82) is 0 Å². The summed E-state index contributed by atoms with van der Waals surface area (Å²) >= 11 is 0. The zero-order valence-electron chi connectivity index (χ0n) is 13.1. The van der Waals surface area contributed by atoms with Gasteiger partial charge >= 0.3 is 0 Å². The van der Waals surface area contributed by atoms with Crippen molar-refractivity contribution in [1.82, 2.24) is 15.5 Å². The van der Waals surface area contributed by atoms with Crippen LogP contribution in [0.15, 0.2) is 30.3 Å². The van der Waals surface area contributed by atoms with E-state index in [2.05, 4.69) is 10.6 Å². The second-order valence-electron chi connectivity index (χ2n) is 5.22. The largest absolute Gasteiger partial charge is 0.355 e. The van der Waals surface area contributed by atoms with Crippen LogP contribution in [0.2, 0.25) is 0 Å². The predicted octanol–water partition coefficient (Wildman–Crippen LogP) is 1.32. The number of likely N-dealkylation sites (N-methyl/N-ethyl adjacent to an activating group) is 1. The molecule has 0 saturated heterocycles. The van der Waals surface area contributed by atoms with Gasteiger partial charge in [0, 0.05) is 6.54 Å². The normalized spacial score (nSPS) is 12.0. The molecule has 1 unspecified atom stereocenters. The van der Waals surface area contributed by atoms with Crippen molar-refractivity contribution in [3.8, 4) is 0 Å². The third kappa shape index (κ3) is 6.90. The number of carbonyl (C=O) groups is 2. The van der Waals surface area contributed by atoms with E-state index in [4.69, 9.17) is 0 Å². The lowest BCUT2D eigenvalue weighted by Crippen LogP contribution is -2.41. The standard InChI is InChI=1S/C16H25N3O2/c1-4-10-17-15(20)11-19(3)12-16(21)18-13(2)14-8-6-5-7-9-14/h5-9,13H,4,10-12H2,1-3H3,(H,17,20)(H,18,21). The van der Waals surface area contributed by atoms with Gasteiger partial charge in [-0.2, -0.15) is 0 Å². The molecule has 0 aliphatic rings. The Bertz CT molecular complexity index is 448. The number of hydrogen-bond donors (Lipinski definition) is 2. The van der Waals surface area contributed by atoms with Crippen molar-refractivity contribution < 1.29 is 9.59 Å². The van der Waals surface area contributed by atoms with E-state index in [9.17, 15) is 9.59 Å². The fourth-order valence-electron chi connectivity index (χ4n) is 1.98. The Labute approximate surface area is 126 Å². The SMILES string of the molecule is CCCNC(=O)CN(C)CC(=O)NC(C)c1ccccc1. The van der Waals surface area contributed by atoms with Gasteiger partial charge in [0.1, 0.15) is 0 Å². The molecule has 0 aromatic heterocycles. The topological polar surface area (TPSA) is 61.4 Å². The molecule has 2 amide bonds. The van der Waals surface area contributed by atoms with E-state index < -0.39 is 0 Å². The molecule has 5 nitrogen and oxygen atoms in total. The number of carbonyl (C=O) groups excluding carboxylic acids is 2. The molecule has 0 aliphatic heterocycles. The van der Waals surface area contributed by atoms with E-state index >= 15 is 0 Å². The van der Waals surface area contributed by atoms with Crippen molar-refractivity contribution in [2.75, 3.05) is 26.7 Å². The second-order valence-corrected chi connectivity index (χ2v) is 5.22. The molecule has 1 atom stereocenters. The number of nitrogens with zero attached hydrogens (tertiary/aromatic N) is 1. The summed E-state index contributed by atoms with van der Waals surface area (Å²) in [6.07, 6.45) is 0.907. The van der Waals surface area contributed by atoms with E-state index in [-0.39, 0.29) is 30.9 Å². The highest BCUT2D eigenvalue weighted by Gasteiger charge is 2.13. The maximum absolute atomic E-state index is 11.9. The summed E-state index contributed by atoms with van der Waals surface area (Å²) in [5, 5.41) is 5.72. The van der Waals surface area contributed by atoms with Crippen LogP contribution in [0.4, 0.5) is 0 Å². The summed E-state index contributed by atoms with van der Waals surface area (Å²) in [5.74, 6) is -0.139. The molecule has 0 aliphatic carbocycles. The van der Waals surface area contributed by atoms with Gasteiger partial charge in [-0.15, -0.1) is 0 Å².